The number of carbonyl (C=O) groups excluding carboxylic acids is 1. The highest BCUT2D eigenvalue weighted by Crippen LogP contribution is 2.18. The van der Waals surface area contributed by atoms with Gasteiger partial charge in [-0.2, -0.15) is 0 Å². The smallest absolute Gasteiger partial charge is 0.285 e. The largest absolute Gasteiger partial charge is 0.382 e. The molecule has 0 saturated heterocycles. The molecule has 7 nitrogen and oxygen atoms in total. The summed E-state index contributed by atoms with van der Waals surface area (Å²) in [6, 6.07) is 1.74. The van der Waals surface area contributed by atoms with Crippen LogP contribution in [0.15, 0.2) is 31.0 Å². The van der Waals surface area contributed by atoms with E-state index < -0.39 is 0 Å². The summed E-state index contributed by atoms with van der Waals surface area (Å²) in [4.78, 5) is 24.3. The van der Waals surface area contributed by atoms with Gasteiger partial charge < -0.3 is 5.73 Å². The number of halogens is 1. The number of fused-ring (bicyclic) bond motifs is 1. The minimum Gasteiger partial charge on any atom is -0.382 e. The molecule has 0 saturated carbocycles. The van der Waals surface area contributed by atoms with Gasteiger partial charge in [0, 0.05) is 18.6 Å². The third-order valence-corrected chi connectivity index (χ3v) is 3.01. The topological polar surface area (TPSA) is 91.6 Å². The lowest BCUT2D eigenvalue weighted by Crippen LogP contribution is -2.15. The summed E-state index contributed by atoms with van der Waals surface area (Å²) in [6.07, 6.45) is 6.16. The second kappa shape index (κ2) is 3.91. The number of hydrogen-bond acceptors (Lipinski definition) is 5. The summed E-state index contributed by atoms with van der Waals surface area (Å²) >= 11 is 3.26. The first kappa shape index (κ1) is 10.9. The molecule has 2 N–H and O–H groups in total. The Balaban J connectivity index is 2.18. The fraction of sp³-hybridized carbons (Fsp3) is 0. The summed E-state index contributed by atoms with van der Waals surface area (Å²) in [6.45, 7) is 0. The normalized spacial score (nSPS) is 10.9. The van der Waals surface area contributed by atoms with E-state index in [1.807, 2.05) is 0 Å². The van der Waals surface area contributed by atoms with E-state index >= 15 is 0 Å². The first-order valence-electron chi connectivity index (χ1n) is 5.00. The van der Waals surface area contributed by atoms with Crippen molar-refractivity contribution in [3.63, 3.8) is 0 Å². The number of aromatic nitrogens is 5. The monoisotopic (exact) mass is 306 g/mol. The fourth-order valence-electron chi connectivity index (χ4n) is 1.59. The van der Waals surface area contributed by atoms with Crippen LogP contribution >= 0.6 is 16.1 Å². The maximum absolute atomic E-state index is 12.1. The van der Waals surface area contributed by atoms with Gasteiger partial charge in [0.2, 0.25) is 0 Å². The second-order valence-corrected chi connectivity index (χ2v) is 4.33. The Labute approximate surface area is 110 Å². The number of imidazole rings is 1. The Morgan fingerprint density at radius 1 is 1.33 bits per heavy atom. The number of anilines is 1. The molecular formula is C10H7BrN6O. The van der Waals surface area contributed by atoms with Crippen LogP contribution in [0.25, 0.3) is 11.2 Å². The molecule has 90 valence electrons. The first-order valence-corrected chi connectivity index (χ1v) is 5.71. The van der Waals surface area contributed by atoms with Gasteiger partial charge in [-0.3, -0.25) is 13.0 Å². The van der Waals surface area contributed by atoms with Crippen LogP contribution in [0, 0.1) is 0 Å². The molecule has 0 fully saturated rings. The van der Waals surface area contributed by atoms with E-state index in [1.54, 1.807) is 15.9 Å². The van der Waals surface area contributed by atoms with Crippen molar-refractivity contribution in [1.82, 2.24) is 23.1 Å². The molecule has 0 unspecified atom stereocenters. The molecular weight excluding hydrogens is 300 g/mol. The SMILES string of the molecule is Nc1nc2c(ccn2Br)nc1C(=O)n1ccnc1. The van der Waals surface area contributed by atoms with Crippen molar-refractivity contribution in [1.29, 1.82) is 0 Å². The molecule has 3 heterocycles. The first-order chi connectivity index (χ1) is 8.66. The highest BCUT2D eigenvalue weighted by molar-refractivity contribution is 9.08. The summed E-state index contributed by atoms with van der Waals surface area (Å²) in [5, 5.41) is 0. The van der Waals surface area contributed by atoms with Crippen LogP contribution in [-0.2, 0) is 0 Å². The molecule has 3 aromatic heterocycles. The van der Waals surface area contributed by atoms with Gasteiger partial charge in [-0.15, -0.1) is 0 Å². The maximum Gasteiger partial charge on any atom is 0.285 e. The fourth-order valence-corrected chi connectivity index (χ4v) is 1.97. The Morgan fingerprint density at radius 2 is 2.17 bits per heavy atom. The molecule has 0 aliphatic heterocycles. The average Bonchev–Trinajstić information content (AvgIpc) is 2.99. The van der Waals surface area contributed by atoms with Crippen LogP contribution in [0.1, 0.15) is 10.5 Å². The second-order valence-electron chi connectivity index (χ2n) is 3.57. The highest BCUT2D eigenvalue weighted by atomic mass is 79.9. The third-order valence-electron chi connectivity index (χ3n) is 2.44. The number of nitrogen functional groups attached to an aromatic ring is 1. The molecule has 0 aromatic carbocycles. The number of nitrogens with two attached hydrogens (primary N) is 1. The van der Waals surface area contributed by atoms with E-state index in [-0.39, 0.29) is 17.4 Å². The predicted octanol–water partition coefficient (Wildman–Crippen LogP) is 1.06. The Morgan fingerprint density at radius 3 is 2.89 bits per heavy atom. The standard InChI is InChI=1S/C10H7BrN6O/c11-17-3-1-6-9(17)15-8(12)7(14-6)10(18)16-4-2-13-5-16/h1-5H,(H2,12,15). The van der Waals surface area contributed by atoms with Crippen LogP contribution in [0.4, 0.5) is 5.82 Å². The van der Waals surface area contributed by atoms with Crippen LogP contribution in [0.5, 0.6) is 0 Å². The third kappa shape index (κ3) is 1.58. The molecule has 0 bridgehead atoms. The molecule has 3 aromatic rings. The van der Waals surface area contributed by atoms with E-state index in [4.69, 9.17) is 5.73 Å². The van der Waals surface area contributed by atoms with E-state index in [1.165, 1.54) is 23.3 Å². The lowest BCUT2D eigenvalue weighted by molar-refractivity contribution is 0.0956. The van der Waals surface area contributed by atoms with Crippen molar-refractivity contribution in [2.75, 3.05) is 5.73 Å². The van der Waals surface area contributed by atoms with Crippen LogP contribution in [0.3, 0.4) is 0 Å². The van der Waals surface area contributed by atoms with E-state index in [2.05, 4.69) is 31.1 Å². The quantitative estimate of drug-likeness (QED) is 0.725. The van der Waals surface area contributed by atoms with Crippen molar-refractivity contribution in [2.24, 2.45) is 0 Å². The zero-order valence-corrected chi connectivity index (χ0v) is 10.6. The van der Waals surface area contributed by atoms with Crippen LogP contribution in [-0.4, -0.2) is 29.0 Å². The summed E-state index contributed by atoms with van der Waals surface area (Å²) in [5.74, 6) is -0.276. The van der Waals surface area contributed by atoms with Crippen molar-refractivity contribution >= 4 is 39.0 Å². The van der Waals surface area contributed by atoms with E-state index in [9.17, 15) is 4.79 Å². The van der Waals surface area contributed by atoms with Crippen molar-refractivity contribution in [3.05, 3.63) is 36.7 Å². The number of rotatable bonds is 1. The Kier molecular flexibility index (Phi) is 2.37. The van der Waals surface area contributed by atoms with E-state index in [0.717, 1.165) is 0 Å². The molecule has 0 radical (unpaired) electrons. The lowest BCUT2D eigenvalue weighted by atomic mass is 10.3. The van der Waals surface area contributed by atoms with Crippen molar-refractivity contribution in [2.45, 2.75) is 0 Å². The minimum atomic E-state index is -0.360. The van der Waals surface area contributed by atoms with Crippen molar-refractivity contribution in [3.8, 4) is 0 Å². The van der Waals surface area contributed by atoms with E-state index in [0.29, 0.717) is 11.2 Å². The predicted molar refractivity (Wildman–Crippen MR) is 68.2 cm³/mol. The Bertz CT molecular complexity index is 732. The van der Waals surface area contributed by atoms with Crippen LogP contribution in [0.2, 0.25) is 0 Å². The van der Waals surface area contributed by atoms with Gasteiger partial charge in [0.05, 0.1) is 16.1 Å². The summed E-state index contributed by atoms with van der Waals surface area (Å²) in [5.41, 5.74) is 7.02. The zero-order valence-electron chi connectivity index (χ0n) is 8.99. The summed E-state index contributed by atoms with van der Waals surface area (Å²) < 4.78 is 2.91. The molecule has 0 amide bonds. The lowest BCUT2D eigenvalue weighted by Gasteiger charge is -2.04. The van der Waals surface area contributed by atoms with Gasteiger partial charge in [0.15, 0.2) is 17.2 Å². The number of hydrogen-bond donors (Lipinski definition) is 1. The van der Waals surface area contributed by atoms with Crippen molar-refractivity contribution < 1.29 is 4.79 Å². The molecule has 0 aliphatic carbocycles. The Hall–Kier alpha value is -2.22. The molecule has 0 atom stereocenters. The van der Waals surface area contributed by atoms with Gasteiger partial charge in [-0.1, -0.05) is 0 Å². The number of carbonyl (C=O) groups is 1. The van der Waals surface area contributed by atoms with Gasteiger partial charge >= 0.3 is 0 Å². The van der Waals surface area contributed by atoms with Gasteiger partial charge in [0.25, 0.3) is 5.91 Å². The van der Waals surface area contributed by atoms with Gasteiger partial charge in [0.1, 0.15) is 11.8 Å². The maximum atomic E-state index is 12.1. The number of nitrogens with zero attached hydrogens (tertiary/aromatic N) is 5. The van der Waals surface area contributed by atoms with Gasteiger partial charge in [-0.25, -0.2) is 15.0 Å². The highest BCUT2D eigenvalue weighted by Gasteiger charge is 2.17. The molecule has 0 spiro atoms. The van der Waals surface area contributed by atoms with Crippen LogP contribution < -0.4 is 5.73 Å². The molecule has 3 rings (SSSR count). The average molecular weight is 307 g/mol. The molecule has 0 aliphatic rings. The van der Waals surface area contributed by atoms with Gasteiger partial charge in [-0.05, 0) is 6.07 Å². The zero-order chi connectivity index (χ0) is 12.7. The summed E-state index contributed by atoms with van der Waals surface area (Å²) in [7, 11) is 0. The minimum absolute atomic E-state index is 0.0839. The molecule has 8 heteroatoms. The molecule has 18 heavy (non-hydrogen) atoms.